The first-order chi connectivity index (χ1) is 13.1. The lowest BCUT2D eigenvalue weighted by molar-refractivity contribution is 0.0946. The van der Waals surface area contributed by atoms with Crippen molar-refractivity contribution in [2.45, 2.75) is 6.92 Å². The minimum Gasteiger partial charge on any atom is -0.493 e. The number of hydrogen-bond acceptors (Lipinski definition) is 4. The predicted octanol–water partition coefficient (Wildman–Crippen LogP) is 3.14. The summed E-state index contributed by atoms with van der Waals surface area (Å²) in [6.45, 7) is 2.42. The van der Waals surface area contributed by atoms with Crippen LogP contribution in [0.3, 0.4) is 0 Å². The van der Waals surface area contributed by atoms with Crippen LogP contribution in [0.15, 0.2) is 54.7 Å². The highest BCUT2D eigenvalue weighted by molar-refractivity contribution is 5.95. The molecule has 0 aliphatic carbocycles. The Hall–Kier alpha value is -3.35. The van der Waals surface area contributed by atoms with Crippen LogP contribution in [0.25, 0.3) is 5.69 Å². The highest BCUT2D eigenvalue weighted by atomic mass is 19.1. The molecule has 0 bridgehead atoms. The molecule has 140 valence electrons. The molecular formula is C20H20FN3O3. The third-order valence-electron chi connectivity index (χ3n) is 4.04. The van der Waals surface area contributed by atoms with Gasteiger partial charge in [-0.3, -0.25) is 4.79 Å². The van der Waals surface area contributed by atoms with Crippen LogP contribution < -0.4 is 14.8 Å². The number of aromatic nitrogens is 2. The average Bonchev–Trinajstić information content (AvgIpc) is 3.07. The quantitative estimate of drug-likeness (QED) is 0.650. The van der Waals surface area contributed by atoms with Gasteiger partial charge in [-0.2, -0.15) is 5.10 Å². The molecule has 0 unspecified atom stereocenters. The van der Waals surface area contributed by atoms with E-state index in [0.29, 0.717) is 41.6 Å². The minimum atomic E-state index is -0.323. The van der Waals surface area contributed by atoms with Crippen molar-refractivity contribution in [2.75, 3.05) is 20.3 Å². The number of carbonyl (C=O) groups excluding carboxylic acids is 1. The molecule has 1 heterocycles. The van der Waals surface area contributed by atoms with Crippen LogP contribution in [0.4, 0.5) is 4.39 Å². The molecule has 0 aliphatic rings. The van der Waals surface area contributed by atoms with Crippen molar-refractivity contribution in [3.05, 3.63) is 71.8 Å². The molecule has 0 saturated heterocycles. The summed E-state index contributed by atoms with van der Waals surface area (Å²) in [4.78, 5) is 12.4. The maximum atomic E-state index is 13.1. The van der Waals surface area contributed by atoms with Gasteiger partial charge in [0.05, 0.1) is 36.8 Å². The van der Waals surface area contributed by atoms with E-state index in [2.05, 4.69) is 10.4 Å². The number of para-hydroxylation sites is 2. The number of methoxy groups -OCH3 is 1. The molecule has 0 fully saturated rings. The van der Waals surface area contributed by atoms with Crippen molar-refractivity contribution >= 4 is 5.91 Å². The first-order valence-corrected chi connectivity index (χ1v) is 8.44. The lowest BCUT2D eigenvalue weighted by Gasteiger charge is -2.11. The zero-order chi connectivity index (χ0) is 19.2. The first-order valence-electron chi connectivity index (χ1n) is 8.44. The molecule has 3 aromatic rings. The number of rotatable bonds is 7. The molecule has 1 N–H and O–H groups in total. The standard InChI is InChI=1S/C20H20FN3O3/c1-14-17(13-23-24(14)16-9-7-15(21)8-10-16)20(25)22-11-12-27-19-6-4-3-5-18(19)26-2/h3-10,13H,11-12H2,1-2H3,(H,22,25). The highest BCUT2D eigenvalue weighted by Gasteiger charge is 2.15. The third kappa shape index (κ3) is 4.25. The number of hydrogen-bond donors (Lipinski definition) is 1. The maximum absolute atomic E-state index is 13.1. The molecule has 6 nitrogen and oxygen atoms in total. The summed E-state index contributed by atoms with van der Waals surface area (Å²) >= 11 is 0. The number of amides is 1. The largest absolute Gasteiger partial charge is 0.493 e. The Balaban J connectivity index is 1.58. The lowest BCUT2D eigenvalue weighted by atomic mass is 10.2. The predicted molar refractivity (Wildman–Crippen MR) is 99.1 cm³/mol. The molecule has 0 radical (unpaired) electrons. The highest BCUT2D eigenvalue weighted by Crippen LogP contribution is 2.25. The van der Waals surface area contributed by atoms with Crippen LogP contribution in [0.2, 0.25) is 0 Å². The summed E-state index contributed by atoms with van der Waals surface area (Å²) in [5.74, 6) is 0.691. The van der Waals surface area contributed by atoms with Gasteiger partial charge >= 0.3 is 0 Å². The molecule has 1 amide bonds. The summed E-state index contributed by atoms with van der Waals surface area (Å²) in [7, 11) is 1.57. The molecule has 2 aromatic carbocycles. The van der Waals surface area contributed by atoms with Crippen molar-refractivity contribution in [3.63, 3.8) is 0 Å². The minimum absolute atomic E-state index is 0.246. The monoisotopic (exact) mass is 369 g/mol. The lowest BCUT2D eigenvalue weighted by Crippen LogP contribution is -2.28. The number of benzene rings is 2. The molecule has 0 saturated carbocycles. The van der Waals surface area contributed by atoms with E-state index in [1.807, 2.05) is 12.1 Å². The number of nitrogens with one attached hydrogen (secondary N) is 1. The van der Waals surface area contributed by atoms with Crippen LogP contribution in [-0.2, 0) is 0 Å². The van der Waals surface area contributed by atoms with Gasteiger partial charge in [-0.05, 0) is 43.3 Å². The molecule has 0 atom stereocenters. The van der Waals surface area contributed by atoms with Crippen LogP contribution >= 0.6 is 0 Å². The molecule has 7 heteroatoms. The van der Waals surface area contributed by atoms with E-state index in [0.717, 1.165) is 0 Å². The smallest absolute Gasteiger partial charge is 0.254 e. The van der Waals surface area contributed by atoms with Gasteiger partial charge in [0, 0.05) is 0 Å². The van der Waals surface area contributed by atoms with E-state index >= 15 is 0 Å². The second kappa shape index (κ2) is 8.35. The zero-order valence-corrected chi connectivity index (χ0v) is 15.1. The van der Waals surface area contributed by atoms with Crippen molar-refractivity contribution in [3.8, 4) is 17.2 Å². The zero-order valence-electron chi connectivity index (χ0n) is 15.1. The van der Waals surface area contributed by atoms with E-state index in [4.69, 9.17) is 9.47 Å². The Kier molecular flexibility index (Phi) is 5.71. The van der Waals surface area contributed by atoms with Gasteiger partial charge in [-0.15, -0.1) is 0 Å². The van der Waals surface area contributed by atoms with Gasteiger partial charge in [0.25, 0.3) is 5.91 Å². The van der Waals surface area contributed by atoms with E-state index in [1.54, 1.807) is 43.0 Å². The molecule has 0 aliphatic heterocycles. The Bertz CT molecular complexity index is 922. The van der Waals surface area contributed by atoms with Gasteiger partial charge in [0.15, 0.2) is 11.5 Å². The van der Waals surface area contributed by atoms with Crippen LogP contribution in [-0.4, -0.2) is 35.9 Å². The normalized spacial score (nSPS) is 10.5. The Morgan fingerprint density at radius 1 is 1.15 bits per heavy atom. The van der Waals surface area contributed by atoms with Crippen molar-refractivity contribution in [1.29, 1.82) is 0 Å². The summed E-state index contributed by atoms with van der Waals surface area (Å²) in [6.07, 6.45) is 1.50. The van der Waals surface area contributed by atoms with Crippen molar-refractivity contribution in [2.24, 2.45) is 0 Å². The van der Waals surface area contributed by atoms with Crippen LogP contribution in [0.5, 0.6) is 11.5 Å². The fourth-order valence-electron chi connectivity index (χ4n) is 2.63. The van der Waals surface area contributed by atoms with Gasteiger partial charge in [-0.25, -0.2) is 9.07 Å². The summed E-state index contributed by atoms with van der Waals surface area (Å²) < 4.78 is 25.5. The van der Waals surface area contributed by atoms with E-state index in [9.17, 15) is 9.18 Å². The molecule has 3 rings (SSSR count). The molecular weight excluding hydrogens is 349 g/mol. The van der Waals surface area contributed by atoms with E-state index in [-0.39, 0.29) is 11.7 Å². The number of nitrogens with zero attached hydrogens (tertiary/aromatic N) is 2. The summed E-state index contributed by atoms with van der Waals surface area (Å²) in [6, 6.07) is 13.2. The van der Waals surface area contributed by atoms with Crippen molar-refractivity contribution in [1.82, 2.24) is 15.1 Å². The maximum Gasteiger partial charge on any atom is 0.254 e. The molecule has 27 heavy (non-hydrogen) atoms. The SMILES string of the molecule is COc1ccccc1OCCNC(=O)c1cnn(-c2ccc(F)cc2)c1C. The van der Waals surface area contributed by atoms with Crippen molar-refractivity contribution < 1.29 is 18.7 Å². The van der Waals surface area contributed by atoms with Crippen LogP contribution in [0, 0.1) is 12.7 Å². The molecule has 1 aromatic heterocycles. The first kappa shape index (κ1) is 18.4. The number of halogens is 1. The fourth-order valence-corrected chi connectivity index (χ4v) is 2.63. The topological polar surface area (TPSA) is 65.4 Å². The van der Waals surface area contributed by atoms with Gasteiger partial charge < -0.3 is 14.8 Å². The Morgan fingerprint density at radius 3 is 2.56 bits per heavy atom. The third-order valence-corrected chi connectivity index (χ3v) is 4.04. The second-order valence-electron chi connectivity index (χ2n) is 5.79. The molecule has 0 spiro atoms. The Morgan fingerprint density at radius 2 is 1.85 bits per heavy atom. The second-order valence-corrected chi connectivity index (χ2v) is 5.79. The summed E-state index contributed by atoms with van der Waals surface area (Å²) in [5, 5.41) is 7.02. The van der Waals surface area contributed by atoms with E-state index < -0.39 is 0 Å². The number of ether oxygens (including phenoxy) is 2. The fraction of sp³-hybridized carbons (Fsp3) is 0.200. The Labute approximate surface area is 156 Å². The van der Waals surface area contributed by atoms with Gasteiger partial charge in [0.1, 0.15) is 12.4 Å². The average molecular weight is 369 g/mol. The summed E-state index contributed by atoms with van der Waals surface area (Å²) in [5.41, 5.74) is 1.81. The van der Waals surface area contributed by atoms with Gasteiger partial charge in [0.2, 0.25) is 0 Å². The van der Waals surface area contributed by atoms with Gasteiger partial charge in [-0.1, -0.05) is 12.1 Å². The number of carbonyl (C=O) groups is 1. The van der Waals surface area contributed by atoms with E-state index in [1.165, 1.54) is 18.3 Å². The van der Waals surface area contributed by atoms with Crippen LogP contribution in [0.1, 0.15) is 16.1 Å².